The van der Waals surface area contributed by atoms with Crippen LogP contribution in [0.5, 0.6) is 0 Å². The zero-order valence-corrected chi connectivity index (χ0v) is 10.5. The first-order chi connectivity index (χ1) is 7.63. The average molecular weight is 227 g/mol. The van der Waals surface area contributed by atoms with Crippen molar-refractivity contribution < 1.29 is 4.79 Å². The molecule has 1 fully saturated rings. The first-order valence-electron chi connectivity index (χ1n) is 6.35. The Morgan fingerprint density at radius 1 is 1.50 bits per heavy atom. The van der Waals surface area contributed by atoms with Crippen molar-refractivity contribution >= 4 is 5.91 Å². The molecule has 0 radical (unpaired) electrons. The minimum Gasteiger partial charge on any atom is -0.355 e. The van der Waals surface area contributed by atoms with Crippen LogP contribution >= 0.6 is 0 Å². The van der Waals surface area contributed by atoms with Crippen molar-refractivity contribution in [3.8, 4) is 0 Å². The van der Waals surface area contributed by atoms with Gasteiger partial charge in [-0.1, -0.05) is 6.92 Å². The molecule has 94 valence electrons. The average Bonchev–Trinajstić information content (AvgIpc) is 2.30. The molecule has 4 heteroatoms. The van der Waals surface area contributed by atoms with Gasteiger partial charge in [0.05, 0.1) is 6.04 Å². The quantitative estimate of drug-likeness (QED) is 0.722. The van der Waals surface area contributed by atoms with Gasteiger partial charge in [0.25, 0.3) is 0 Å². The molecule has 0 unspecified atom stereocenters. The Hall–Kier alpha value is -0.610. The first kappa shape index (κ1) is 13.5. The molecule has 1 rings (SSSR count). The number of likely N-dealkylation sites (tertiary alicyclic amines) is 1. The molecule has 1 saturated heterocycles. The van der Waals surface area contributed by atoms with Gasteiger partial charge in [0, 0.05) is 6.54 Å². The fraction of sp³-hybridized carbons (Fsp3) is 0.917. The highest BCUT2D eigenvalue weighted by molar-refractivity contribution is 5.81. The third-order valence-corrected chi connectivity index (χ3v) is 3.47. The summed E-state index contributed by atoms with van der Waals surface area (Å²) in [6.07, 6.45) is 4.31. The van der Waals surface area contributed by atoms with Crippen LogP contribution in [0.25, 0.3) is 0 Å². The van der Waals surface area contributed by atoms with Gasteiger partial charge in [-0.15, -0.1) is 0 Å². The maximum Gasteiger partial charge on any atom is 0.236 e. The molecular weight excluding hydrogens is 202 g/mol. The van der Waals surface area contributed by atoms with E-state index >= 15 is 0 Å². The van der Waals surface area contributed by atoms with Crippen LogP contribution in [0, 0.1) is 5.92 Å². The molecule has 1 aliphatic heterocycles. The highest BCUT2D eigenvalue weighted by atomic mass is 16.2. The van der Waals surface area contributed by atoms with Crippen LogP contribution in [-0.2, 0) is 4.79 Å². The minimum atomic E-state index is -0.336. The van der Waals surface area contributed by atoms with Gasteiger partial charge in [-0.3, -0.25) is 4.79 Å². The van der Waals surface area contributed by atoms with Crippen molar-refractivity contribution in [1.29, 1.82) is 0 Å². The summed E-state index contributed by atoms with van der Waals surface area (Å²) >= 11 is 0. The second-order valence-electron chi connectivity index (χ2n) is 4.84. The molecule has 0 spiro atoms. The summed E-state index contributed by atoms with van der Waals surface area (Å²) in [5.74, 6) is 0.768. The van der Waals surface area contributed by atoms with Crippen molar-refractivity contribution in [1.82, 2.24) is 10.2 Å². The lowest BCUT2D eigenvalue weighted by Crippen LogP contribution is -2.41. The first-order valence-corrected chi connectivity index (χ1v) is 6.35. The molecule has 1 heterocycles. The molecule has 4 nitrogen and oxygen atoms in total. The Bertz CT molecular complexity index is 212. The molecular formula is C12H25N3O. The van der Waals surface area contributed by atoms with E-state index in [0.29, 0.717) is 6.42 Å². The third kappa shape index (κ3) is 4.49. The predicted molar refractivity (Wildman–Crippen MR) is 66.1 cm³/mol. The third-order valence-electron chi connectivity index (χ3n) is 3.47. The second-order valence-corrected chi connectivity index (χ2v) is 4.84. The SMILES string of the molecule is CC[C@H](N)C(=O)NCCC1CCN(C)CC1. The van der Waals surface area contributed by atoms with Crippen molar-refractivity contribution in [2.24, 2.45) is 11.7 Å². The van der Waals surface area contributed by atoms with Crippen molar-refractivity contribution in [3.63, 3.8) is 0 Å². The molecule has 1 atom stereocenters. The lowest BCUT2D eigenvalue weighted by molar-refractivity contribution is -0.122. The fourth-order valence-corrected chi connectivity index (χ4v) is 2.07. The van der Waals surface area contributed by atoms with E-state index in [0.717, 1.165) is 18.9 Å². The van der Waals surface area contributed by atoms with Crippen molar-refractivity contribution in [2.45, 2.75) is 38.6 Å². The molecule has 0 saturated carbocycles. The number of nitrogens with one attached hydrogen (secondary N) is 1. The number of nitrogens with two attached hydrogens (primary N) is 1. The summed E-state index contributed by atoms with van der Waals surface area (Å²) in [5.41, 5.74) is 5.64. The zero-order chi connectivity index (χ0) is 12.0. The van der Waals surface area contributed by atoms with E-state index in [1.165, 1.54) is 25.9 Å². The van der Waals surface area contributed by atoms with Gasteiger partial charge in [0.1, 0.15) is 0 Å². The number of hydrogen-bond acceptors (Lipinski definition) is 3. The fourth-order valence-electron chi connectivity index (χ4n) is 2.07. The Kier molecular flexibility index (Phi) is 5.77. The number of carbonyl (C=O) groups is 1. The van der Waals surface area contributed by atoms with Crippen molar-refractivity contribution in [3.05, 3.63) is 0 Å². The number of hydrogen-bond donors (Lipinski definition) is 2. The van der Waals surface area contributed by atoms with E-state index in [1.54, 1.807) is 0 Å². The molecule has 0 aliphatic carbocycles. The maximum absolute atomic E-state index is 11.4. The Labute approximate surface area is 98.6 Å². The lowest BCUT2D eigenvalue weighted by atomic mass is 9.94. The standard InChI is InChI=1S/C12H25N3O/c1-3-11(13)12(16)14-7-4-10-5-8-15(2)9-6-10/h10-11H,3-9,13H2,1-2H3,(H,14,16)/t11-/m0/s1. The van der Waals surface area contributed by atoms with Crippen LogP contribution in [0.2, 0.25) is 0 Å². The normalized spacial score (nSPS) is 20.7. The van der Waals surface area contributed by atoms with Gasteiger partial charge in [0.15, 0.2) is 0 Å². The van der Waals surface area contributed by atoms with E-state index in [4.69, 9.17) is 5.73 Å². The summed E-state index contributed by atoms with van der Waals surface area (Å²) in [7, 11) is 2.16. The molecule has 0 aromatic heterocycles. The minimum absolute atomic E-state index is 0.00423. The molecule has 16 heavy (non-hydrogen) atoms. The topological polar surface area (TPSA) is 58.4 Å². The van der Waals surface area contributed by atoms with E-state index < -0.39 is 0 Å². The Balaban J connectivity index is 2.09. The van der Waals surface area contributed by atoms with Gasteiger partial charge in [-0.25, -0.2) is 0 Å². The zero-order valence-electron chi connectivity index (χ0n) is 10.5. The summed E-state index contributed by atoms with van der Waals surface area (Å²) in [6, 6.07) is -0.336. The molecule has 1 aliphatic rings. The second kappa shape index (κ2) is 6.86. The van der Waals surface area contributed by atoms with Crippen LogP contribution in [0.1, 0.15) is 32.6 Å². The largest absolute Gasteiger partial charge is 0.355 e. The summed E-state index contributed by atoms with van der Waals surface area (Å²) in [4.78, 5) is 13.8. The number of amides is 1. The van der Waals surface area contributed by atoms with E-state index in [9.17, 15) is 4.79 Å². The van der Waals surface area contributed by atoms with Gasteiger partial charge in [-0.2, -0.15) is 0 Å². The van der Waals surface area contributed by atoms with Crippen molar-refractivity contribution in [2.75, 3.05) is 26.7 Å². The smallest absolute Gasteiger partial charge is 0.236 e. The molecule has 0 aromatic carbocycles. The summed E-state index contributed by atoms with van der Waals surface area (Å²) in [5, 5.41) is 2.91. The van der Waals surface area contributed by atoms with E-state index in [1.807, 2.05) is 6.92 Å². The number of carbonyl (C=O) groups excluding carboxylic acids is 1. The van der Waals surface area contributed by atoms with Crippen LogP contribution in [0.3, 0.4) is 0 Å². The van der Waals surface area contributed by atoms with Crippen LogP contribution < -0.4 is 11.1 Å². The van der Waals surface area contributed by atoms with Gasteiger partial charge < -0.3 is 16.0 Å². The number of nitrogens with zero attached hydrogens (tertiary/aromatic N) is 1. The van der Waals surface area contributed by atoms with Crippen LogP contribution in [0.15, 0.2) is 0 Å². The summed E-state index contributed by atoms with van der Waals surface area (Å²) < 4.78 is 0. The van der Waals surface area contributed by atoms with Crippen LogP contribution in [0.4, 0.5) is 0 Å². The van der Waals surface area contributed by atoms with E-state index in [2.05, 4.69) is 17.3 Å². The van der Waals surface area contributed by atoms with Gasteiger partial charge in [0.2, 0.25) is 5.91 Å². The Morgan fingerprint density at radius 2 is 2.12 bits per heavy atom. The predicted octanol–water partition coefficient (Wildman–Crippen LogP) is 0.572. The monoisotopic (exact) mass is 227 g/mol. The van der Waals surface area contributed by atoms with Crippen LogP contribution in [-0.4, -0.2) is 43.5 Å². The highest BCUT2D eigenvalue weighted by Crippen LogP contribution is 2.18. The molecule has 0 aromatic rings. The van der Waals surface area contributed by atoms with Gasteiger partial charge >= 0.3 is 0 Å². The highest BCUT2D eigenvalue weighted by Gasteiger charge is 2.17. The van der Waals surface area contributed by atoms with E-state index in [-0.39, 0.29) is 11.9 Å². The number of piperidine rings is 1. The van der Waals surface area contributed by atoms with Gasteiger partial charge in [-0.05, 0) is 51.7 Å². The Morgan fingerprint density at radius 3 is 2.69 bits per heavy atom. The lowest BCUT2D eigenvalue weighted by Gasteiger charge is -2.28. The maximum atomic E-state index is 11.4. The summed E-state index contributed by atoms with van der Waals surface area (Å²) in [6.45, 7) is 5.09. The molecule has 1 amide bonds. The molecule has 3 N–H and O–H groups in total. The molecule has 0 bridgehead atoms. The number of rotatable bonds is 5.